The van der Waals surface area contributed by atoms with E-state index in [2.05, 4.69) is 25.7 Å². The maximum atomic E-state index is 5.39. The number of nitrogens with one attached hydrogen (secondary N) is 1. The van der Waals surface area contributed by atoms with Crippen LogP contribution in [0.3, 0.4) is 0 Å². The molecule has 0 amide bonds. The molecule has 0 aliphatic rings. The molecule has 13 heavy (non-hydrogen) atoms. The maximum Gasteiger partial charge on any atom is 0.0619 e. The average Bonchev–Trinajstić information content (AvgIpc) is 2.09. The number of allylic oxidation sites excluding steroid dienone is 1. The van der Waals surface area contributed by atoms with Crippen molar-refractivity contribution in [2.45, 2.75) is 39.7 Å². The van der Waals surface area contributed by atoms with Crippen LogP contribution < -0.4 is 5.32 Å². The van der Waals surface area contributed by atoms with E-state index in [1.165, 1.54) is 5.57 Å². The van der Waals surface area contributed by atoms with E-state index in [0.717, 1.165) is 32.6 Å². The molecule has 1 unspecified atom stereocenters. The smallest absolute Gasteiger partial charge is 0.0619 e. The van der Waals surface area contributed by atoms with Gasteiger partial charge in [0.25, 0.3) is 0 Å². The van der Waals surface area contributed by atoms with E-state index in [1.807, 2.05) is 6.92 Å². The van der Waals surface area contributed by atoms with Gasteiger partial charge in [-0.1, -0.05) is 12.5 Å². The number of hydrogen-bond acceptors (Lipinski definition) is 2. The van der Waals surface area contributed by atoms with Crippen molar-refractivity contribution in [2.24, 2.45) is 0 Å². The van der Waals surface area contributed by atoms with Gasteiger partial charge in [-0.15, -0.1) is 6.58 Å². The van der Waals surface area contributed by atoms with Crippen molar-refractivity contribution in [3.05, 3.63) is 12.2 Å². The van der Waals surface area contributed by atoms with Crippen LogP contribution in [-0.4, -0.2) is 25.8 Å². The zero-order chi connectivity index (χ0) is 10.1. The lowest BCUT2D eigenvalue weighted by Gasteiger charge is -2.17. The van der Waals surface area contributed by atoms with Crippen LogP contribution in [0, 0.1) is 0 Å². The van der Waals surface area contributed by atoms with Crippen LogP contribution in [0.15, 0.2) is 12.2 Å². The van der Waals surface area contributed by atoms with Gasteiger partial charge in [0.2, 0.25) is 0 Å². The lowest BCUT2D eigenvalue weighted by atomic mass is 10.1. The highest BCUT2D eigenvalue weighted by atomic mass is 16.5. The van der Waals surface area contributed by atoms with E-state index in [-0.39, 0.29) is 0 Å². The van der Waals surface area contributed by atoms with Crippen molar-refractivity contribution in [2.75, 3.05) is 19.8 Å². The number of hydrogen-bond donors (Lipinski definition) is 1. The van der Waals surface area contributed by atoms with Gasteiger partial charge in [0.05, 0.1) is 6.61 Å². The molecule has 0 bridgehead atoms. The Hall–Kier alpha value is -0.340. The summed E-state index contributed by atoms with van der Waals surface area (Å²) in [5.74, 6) is 0. The van der Waals surface area contributed by atoms with Gasteiger partial charge >= 0.3 is 0 Å². The van der Waals surface area contributed by atoms with Crippen LogP contribution in [0.2, 0.25) is 0 Å². The molecule has 0 spiro atoms. The zero-order valence-corrected chi connectivity index (χ0v) is 9.23. The van der Waals surface area contributed by atoms with Gasteiger partial charge in [0.1, 0.15) is 0 Å². The van der Waals surface area contributed by atoms with E-state index >= 15 is 0 Å². The fraction of sp³-hybridized carbons (Fsp3) is 0.818. The van der Waals surface area contributed by atoms with Crippen molar-refractivity contribution < 1.29 is 4.74 Å². The van der Waals surface area contributed by atoms with Crippen molar-refractivity contribution in [1.29, 1.82) is 0 Å². The van der Waals surface area contributed by atoms with Crippen LogP contribution in [0.25, 0.3) is 0 Å². The second-order valence-electron chi connectivity index (χ2n) is 3.41. The molecule has 78 valence electrons. The summed E-state index contributed by atoms with van der Waals surface area (Å²) in [6.07, 6.45) is 2.22. The zero-order valence-electron chi connectivity index (χ0n) is 9.23. The second-order valence-corrected chi connectivity index (χ2v) is 3.41. The first-order valence-electron chi connectivity index (χ1n) is 5.16. The topological polar surface area (TPSA) is 21.3 Å². The monoisotopic (exact) mass is 185 g/mol. The molecule has 0 saturated heterocycles. The van der Waals surface area contributed by atoms with Gasteiger partial charge in [0, 0.05) is 12.6 Å². The van der Waals surface area contributed by atoms with E-state index in [0.29, 0.717) is 6.04 Å². The molecule has 0 aromatic carbocycles. The lowest BCUT2D eigenvalue weighted by molar-refractivity contribution is 0.120. The Morgan fingerprint density at radius 1 is 1.46 bits per heavy atom. The molecule has 1 atom stereocenters. The van der Waals surface area contributed by atoms with Crippen LogP contribution in [0.1, 0.15) is 33.6 Å². The molecular weight excluding hydrogens is 162 g/mol. The number of ether oxygens (including phenoxy) is 1. The minimum atomic E-state index is 0.488. The summed E-state index contributed by atoms with van der Waals surface area (Å²) in [6.45, 7) is 12.8. The van der Waals surface area contributed by atoms with Crippen molar-refractivity contribution in [3.8, 4) is 0 Å². The first kappa shape index (κ1) is 12.7. The highest BCUT2D eigenvalue weighted by Crippen LogP contribution is 2.04. The molecule has 2 heteroatoms. The molecular formula is C11H23NO. The standard InChI is InChI=1S/C11H23NO/c1-5-12-11(9-13-6-2)8-7-10(3)4/h11-12H,3,5-9H2,1-2,4H3. The molecule has 0 aromatic rings. The first-order chi connectivity index (χ1) is 6.20. The Balaban J connectivity index is 3.59. The molecule has 0 aromatic heterocycles. The van der Waals surface area contributed by atoms with E-state index < -0.39 is 0 Å². The molecule has 0 fully saturated rings. The Morgan fingerprint density at radius 2 is 2.15 bits per heavy atom. The van der Waals surface area contributed by atoms with Crippen molar-refractivity contribution in [3.63, 3.8) is 0 Å². The number of rotatable bonds is 8. The predicted octanol–water partition coefficient (Wildman–Crippen LogP) is 2.36. The molecule has 0 rings (SSSR count). The summed E-state index contributed by atoms with van der Waals surface area (Å²) >= 11 is 0. The summed E-state index contributed by atoms with van der Waals surface area (Å²) in [7, 11) is 0. The second kappa shape index (κ2) is 8.27. The summed E-state index contributed by atoms with van der Waals surface area (Å²) in [5, 5.41) is 3.41. The molecule has 0 heterocycles. The number of likely N-dealkylation sites (N-methyl/N-ethyl adjacent to an activating group) is 1. The largest absolute Gasteiger partial charge is 0.380 e. The Bertz CT molecular complexity index is 134. The van der Waals surface area contributed by atoms with E-state index in [9.17, 15) is 0 Å². The maximum absolute atomic E-state index is 5.39. The van der Waals surface area contributed by atoms with Crippen LogP contribution in [0.5, 0.6) is 0 Å². The fourth-order valence-corrected chi connectivity index (χ4v) is 1.21. The summed E-state index contributed by atoms with van der Waals surface area (Å²) in [4.78, 5) is 0. The third-order valence-electron chi connectivity index (χ3n) is 1.94. The Labute approximate surface area is 82.4 Å². The minimum Gasteiger partial charge on any atom is -0.380 e. The Morgan fingerprint density at radius 3 is 2.62 bits per heavy atom. The predicted molar refractivity (Wildman–Crippen MR) is 58.0 cm³/mol. The average molecular weight is 185 g/mol. The van der Waals surface area contributed by atoms with Gasteiger partial charge in [-0.2, -0.15) is 0 Å². The highest BCUT2D eigenvalue weighted by Gasteiger charge is 2.06. The van der Waals surface area contributed by atoms with Gasteiger partial charge in [-0.3, -0.25) is 0 Å². The minimum absolute atomic E-state index is 0.488. The highest BCUT2D eigenvalue weighted by molar-refractivity contribution is 4.89. The summed E-state index contributed by atoms with van der Waals surface area (Å²) in [5.41, 5.74) is 1.25. The van der Waals surface area contributed by atoms with Crippen LogP contribution in [0.4, 0.5) is 0 Å². The Kier molecular flexibility index (Phi) is 8.05. The lowest BCUT2D eigenvalue weighted by Crippen LogP contribution is -2.33. The third-order valence-corrected chi connectivity index (χ3v) is 1.94. The normalized spacial score (nSPS) is 12.8. The molecule has 2 nitrogen and oxygen atoms in total. The first-order valence-corrected chi connectivity index (χ1v) is 5.16. The van der Waals surface area contributed by atoms with Gasteiger partial charge in [-0.25, -0.2) is 0 Å². The molecule has 0 saturated carbocycles. The van der Waals surface area contributed by atoms with E-state index in [1.54, 1.807) is 0 Å². The van der Waals surface area contributed by atoms with E-state index in [4.69, 9.17) is 4.74 Å². The van der Waals surface area contributed by atoms with Crippen molar-refractivity contribution >= 4 is 0 Å². The van der Waals surface area contributed by atoms with Gasteiger partial charge < -0.3 is 10.1 Å². The molecule has 1 N–H and O–H groups in total. The molecule has 0 aliphatic heterocycles. The van der Waals surface area contributed by atoms with Gasteiger partial charge in [0.15, 0.2) is 0 Å². The third kappa shape index (κ3) is 8.00. The van der Waals surface area contributed by atoms with Crippen LogP contribution >= 0.6 is 0 Å². The molecule has 0 aliphatic carbocycles. The van der Waals surface area contributed by atoms with Crippen molar-refractivity contribution in [1.82, 2.24) is 5.32 Å². The summed E-state index contributed by atoms with van der Waals surface area (Å²) < 4.78 is 5.39. The van der Waals surface area contributed by atoms with Gasteiger partial charge in [-0.05, 0) is 33.2 Å². The summed E-state index contributed by atoms with van der Waals surface area (Å²) in [6, 6.07) is 0.488. The SMILES string of the molecule is C=C(C)CCC(COCC)NCC. The quantitative estimate of drug-likeness (QED) is 0.586. The fourth-order valence-electron chi connectivity index (χ4n) is 1.21. The van der Waals surface area contributed by atoms with Crippen LogP contribution in [-0.2, 0) is 4.74 Å². The molecule has 0 radical (unpaired) electrons.